The number of nitrogens with zero attached hydrogens (tertiary/aromatic N) is 1. The Labute approximate surface area is 183 Å². The Balaban J connectivity index is 0. The summed E-state index contributed by atoms with van der Waals surface area (Å²) in [7, 11) is -3.88. The van der Waals surface area contributed by atoms with Crippen LogP contribution in [-0.2, 0) is 53.9 Å². The molecule has 1 rings (SSSR count). The van der Waals surface area contributed by atoms with Gasteiger partial charge in [0.2, 0.25) is 10.0 Å². The van der Waals surface area contributed by atoms with E-state index in [0.717, 1.165) is 10.7 Å². The first-order valence-corrected chi connectivity index (χ1v) is 9.44. The van der Waals surface area contributed by atoms with Crippen molar-refractivity contribution < 1.29 is 51.1 Å². The number of carbonyl (C=O) groups is 1. The van der Waals surface area contributed by atoms with Gasteiger partial charge in [-0.15, -0.1) is 13.1 Å². The van der Waals surface area contributed by atoms with Crippen LogP contribution < -0.4 is 5.48 Å². The van der Waals surface area contributed by atoms with Gasteiger partial charge < -0.3 is 13.8 Å². The van der Waals surface area contributed by atoms with Crippen molar-refractivity contribution in [2.75, 3.05) is 13.1 Å². The van der Waals surface area contributed by atoms with E-state index in [1.165, 1.54) is 36.0 Å². The molecule has 1 aromatic carbocycles. The van der Waals surface area contributed by atoms with Gasteiger partial charge in [-0.3, -0.25) is 14.3 Å². The van der Waals surface area contributed by atoms with E-state index in [1.807, 2.05) is 0 Å². The molecule has 6 nitrogen and oxygen atoms in total. The van der Waals surface area contributed by atoms with E-state index in [0.29, 0.717) is 0 Å². The number of nitrogens with one attached hydrogen (secondary N) is 1. The molecular formula is C18H29N2O4SY. The molecule has 144 valence electrons. The zero-order valence-electron chi connectivity index (χ0n) is 16.3. The summed E-state index contributed by atoms with van der Waals surface area (Å²) in [5.74, 6) is -0.991. The standard InChI is InChI=1S/C10H13.C8H16N2O4S.Y/c1-4-10-6-8(2)5-9(3)7-10;1-5-10(6-2)15(13,14)8(3,4)7(11)9-12;/h6-7H,4H2,1-3H3;12H,1-2,5-6H2,3-4H3,(H,9,11);/q-1;-2;+3. The minimum absolute atomic E-state index is 0. The maximum atomic E-state index is 11.9. The minimum atomic E-state index is -3.88. The molecule has 0 aliphatic carbocycles. The van der Waals surface area contributed by atoms with E-state index in [1.54, 1.807) is 0 Å². The summed E-state index contributed by atoms with van der Waals surface area (Å²) in [6.45, 7) is 15.6. The molecule has 0 bridgehead atoms. The van der Waals surface area contributed by atoms with Crippen molar-refractivity contribution in [3.05, 3.63) is 48.7 Å². The first-order valence-electron chi connectivity index (χ1n) is 8.00. The van der Waals surface area contributed by atoms with Gasteiger partial charge in [-0.25, -0.2) is 13.9 Å². The normalized spacial score (nSPS) is 11.3. The van der Waals surface area contributed by atoms with Crippen molar-refractivity contribution in [3.63, 3.8) is 0 Å². The third-order valence-electron chi connectivity index (χ3n) is 3.74. The number of benzene rings is 1. The molecule has 8 heteroatoms. The van der Waals surface area contributed by atoms with Crippen LogP contribution in [0.25, 0.3) is 0 Å². The monoisotopic (exact) mass is 458 g/mol. The fourth-order valence-corrected chi connectivity index (χ4v) is 3.52. The SMILES string of the molecule is CCc1cc(C)[c-]c(C)c1.[CH2-]CN(C[CH2-])S(=O)(=O)C(C)(C)C(=O)NO.[Y+3]. The molecule has 0 unspecified atom stereocenters. The Morgan fingerprint density at radius 2 is 1.65 bits per heavy atom. The Hall–Kier alpha value is -0.336. The minimum Gasteiger partial charge on any atom is -0.329 e. The van der Waals surface area contributed by atoms with E-state index in [9.17, 15) is 13.2 Å². The smallest absolute Gasteiger partial charge is 0.329 e. The van der Waals surface area contributed by atoms with E-state index in [4.69, 9.17) is 5.21 Å². The predicted molar refractivity (Wildman–Crippen MR) is 99.3 cm³/mol. The summed E-state index contributed by atoms with van der Waals surface area (Å²) < 4.78 is 23.0. The molecule has 0 fully saturated rings. The molecule has 1 aromatic rings. The van der Waals surface area contributed by atoms with Gasteiger partial charge >= 0.3 is 32.7 Å². The second-order valence-corrected chi connectivity index (χ2v) is 8.55. The third-order valence-corrected chi connectivity index (χ3v) is 6.26. The zero-order valence-corrected chi connectivity index (χ0v) is 19.9. The van der Waals surface area contributed by atoms with Crippen LogP contribution in [0.5, 0.6) is 0 Å². The van der Waals surface area contributed by atoms with E-state index in [-0.39, 0.29) is 45.8 Å². The first kappa shape index (κ1) is 27.9. The predicted octanol–water partition coefficient (Wildman–Crippen LogP) is 2.23. The summed E-state index contributed by atoms with van der Waals surface area (Å²) >= 11 is 0. The van der Waals surface area contributed by atoms with Crippen LogP contribution in [0.3, 0.4) is 0 Å². The van der Waals surface area contributed by atoms with Crippen molar-refractivity contribution in [2.45, 2.75) is 45.8 Å². The molecule has 0 aliphatic rings. The summed E-state index contributed by atoms with van der Waals surface area (Å²) in [6.07, 6.45) is 1.12. The molecule has 26 heavy (non-hydrogen) atoms. The largest absolute Gasteiger partial charge is 3.00 e. The van der Waals surface area contributed by atoms with E-state index < -0.39 is 20.7 Å². The molecule has 0 atom stereocenters. The molecule has 1 amide bonds. The molecule has 0 saturated heterocycles. The Morgan fingerprint density at radius 1 is 1.23 bits per heavy atom. The third kappa shape index (κ3) is 7.35. The van der Waals surface area contributed by atoms with Crippen molar-refractivity contribution in [3.8, 4) is 0 Å². The maximum Gasteiger partial charge on any atom is 3.00 e. The van der Waals surface area contributed by atoms with Crippen molar-refractivity contribution in [1.82, 2.24) is 9.79 Å². The fraction of sp³-hybridized carbons (Fsp3) is 0.500. The number of sulfonamides is 1. The zero-order chi connectivity index (χ0) is 19.8. The van der Waals surface area contributed by atoms with Crippen molar-refractivity contribution >= 4 is 15.9 Å². The van der Waals surface area contributed by atoms with Crippen molar-refractivity contribution in [1.29, 1.82) is 0 Å². The average Bonchev–Trinajstić information content (AvgIpc) is 2.54. The Morgan fingerprint density at radius 3 is 1.96 bits per heavy atom. The van der Waals surface area contributed by atoms with Gasteiger partial charge in [0.1, 0.15) is 0 Å². The Bertz CT molecular complexity index is 652. The van der Waals surface area contributed by atoms with Crippen LogP contribution in [-0.4, -0.2) is 41.7 Å². The fourth-order valence-electron chi connectivity index (χ4n) is 2.11. The number of hydrogen-bond acceptors (Lipinski definition) is 4. The number of amides is 1. The second kappa shape index (κ2) is 12.2. The van der Waals surface area contributed by atoms with Gasteiger partial charge in [0.25, 0.3) is 5.91 Å². The quantitative estimate of drug-likeness (QED) is 0.389. The molecule has 0 aromatic heterocycles. The number of aryl methyl sites for hydroxylation is 3. The van der Waals surface area contributed by atoms with Crippen LogP contribution in [0.2, 0.25) is 0 Å². The second-order valence-electron chi connectivity index (χ2n) is 6.06. The van der Waals surface area contributed by atoms with E-state index in [2.05, 4.69) is 52.8 Å². The van der Waals surface area contributed by atoms with Gasteiger partial charge in [0.15, 0.2) is 4.75 Å². The van der Waals surface area contributed by atoms with Gasteiger partial charge in [-0.2, -0.15) is 34.9 Å². The first-order chi connectivity index (χ1) is 11.5. The van der Waals surface area contributed by atoms with Crippen LogP contribution in [0, 0.1) is 33.8 Å². The number of rotatable bonds is 6. The summed E-state index contributed by atoms with van der Waals surface area (Å²) in [6, 6.07) is 7.62. The maximum absolute atomic E-state index is 11.9. The van der Waals surface area contributed by atoms with E-state index >= 15 is 0 Å². The molecule has 0 radical (unpaired) electrons. The number of hydroxylamine groups is 1. The topological polar surface area (TPSA) is 86.7 Å². The van der Waals surface area contributed by atoms with Crippen LogP contribution in [0.1, 0.15) is 37.5 Å². The average molecular weight is 458 g/mol. The van der Waals surface area contributed by atoms with Gasteiger partial charge in [0.05, 0.1) is 0 Å². The van der Waals surface area contributed by atoms with Gasteiger partial charge in [-0.1, -0.05) is 27.2 Å². The summed E-state index contributed by atoms with van der Waals surface area (Å²) in [4.78, 5) is 11.2. The molecule has 2 N–H and O–H groups in total. The Kier molecular flexibility index (Phi) is 13.1. The molecule has 0 spiro atoms. The number of hydrogen-bond donors (Lipinski definition) is 2. The summed E-state index contributed by atoms with van der Waals surface area (Å²) in [5.41, 5.74) is 5.23. The van der Waals surface area contributed by atoms with Crippen LogP contribution in [0.15, 0.2) is 12.1 Å². The number of carbonyl (C=O) groups excluding carboxylic acids is 1. The van der Waals surface area contributed by atoms with Crippen molar-refractivity contribution in [2.24, 2.45) is 0 Å². The van der Waals surface area contributed by atoms with Gasteiger partial charge in [-0.05, 0) is 13.8 Å². The molecule has 0 aliphatic heterocycles. The van der Waals surface area contributed by atoms with Crippen LogP contribution in [0.4, 0.5) is 0 Å². The molecular weight excluding hydrogens is 429 g/mol. The molecule has 0 saturated carbocycles. The van der Waals surface area contributed by atoms with Gasteiger partial charge in [0, 0.05) is 0 Å². The molecule has 0 heterocycles. The summed E-state index contributed by atoms with van der Waals surface area (Å²) in [5, 5.41) is 8.45. The van der Waals surface area contributed by atoms with Crippen LogP contribution >= 0.6 is 0 Å².